The van der Waals surface area contributed by atoms with Gasteiger partial charge in [0.15, 0.2) is 5.69 Å². The predicted molar refractivity (Wildman–Crippen MR) is 91.7 cm³/mol. The number of hydrogen-bond donors (Lipinski definition) is 1. The number of aromatic nitrogens is 2. The minimum absolute atomic E-state index is 0.159. The molecule has 2 atom stereocenters. The van der Waals surface area contributed by atoms with Crippen molar-refractivity contribution in [1.29, 1.82) is 0 Å². The van der Waals surface area contributed by atoms with Crippen molar-refractivity contribution >= 4 is 5.97 Å². The van der Waals surface area contributed by atoms with Crippen LogP contribution in [0.15, 0.2) is 36.7 Å². The van der Waals surface area contributed by atoms with E-state index in [0.29, 0.717) is 12.3 Å². The fourth-order valence-electron chi connectivity index (χ4n) is 3.61. The molecule has 0 radical (unpaired) electrons. The lowest BCUT2D eigenvalue weighted by atomic mass is 9.84. The maximum atomic E-state index is 12.3. The molecule has 2 aromatic rings. The number of nitrogens with zero attached hydrogens (tertiary/aromatic N) is 2. The molecule has 1 N–H and O–H groups in total. The number of aliphatic hydroxyl groups excluding tert-OH is 1. The second-order valence-electron chi connectivity index (χ2n) is 6.23. The molecule has 1 fully saturated rings. The number of esters is 1. The average Bonchev–Trinajstić information content (AvgIpc) is 3.07. The van der Waals surface area contributed by atoms with Crippen LogP contribution in [-0.4, -0.2) is 33.8 Å². The molecule has 1 heterocycles. The number of rotatable bonds is 5. The summed E-state index contributed by atoms with van der Waals surface area (Å²) in [6.07, 6.45) is 5.99. The molecule has 24 heavy (non-hydrogen) atoms. The summed E-state index contributed by atoms with van der Waals surface area (Å²) in [4.78, 5) is 16.7. The fourth-order valence-corrected chi connectivity index (χ4v) is 3.61. The first kappa shape index (κ1) is 16.7. The van der Waals surface area contributed by atoms with E-state index in [9.17, 15) is 9.90 Å². The molecule has 5 nitrogen and oxygen atoms in total. The molecule has 0 amide bonds. The third kappa shape index (κ3) is 3.22. The maximum Gasteiger partial charge on any atom is 0.359 e. The summed E-state index contributed by atoms with van der Waals surface area (Å²) in [5.74, 6) is -0.197. The van der Waals surface area contributed by atoms with Gasteiger partial charge in [-0.2, -0.15) is 0 Å². The van der Waals surface area contributed by atoms with Gasteiger partial charge >= 0.3 is 5.97 Å². The Morgan fingerprint density at radius 2 is 2.04 bits per heavy atom. The first-order valence-corrected chi connectivity index (χ1v) is 8.66. The van der Waals surface area contributed by atoms with E-state index in [4.69, 9.17) is 4.74 Å². The van der Waals surface area contributed by atoms with E-state index in [2.05, 4.69) is 9.55 Å². The Kier molecular flexibility index (Phi) is 5.30. The van der Waals surface area contributed by atoms with Crippen LogP contribution in [0.5, 0.6) is 0 Å². The summed E-state index contributed by atoms with van der Waals surface area (Å²) in [6, 6.07) is 9.97. The van der Waals surface area contributed by atoms with Crippen LogP contribution < -0.4 is 0 Å². The highest BCUT2D eigenvalue weighted by molar-refractivity contribution is 5.94. The molecule has 1 aromatic heterocycles. The summed E-state index contributed by atoms with van der Waals surface area (Å²) in [7, 11) is 0. The SMILES string of the molecule is CCOC(=O)c1ncn([C@@H]2CCCC[C@H]2CO)c1-c1ccccc1. The van der Waals surface area contributed by atoms with Crippen LogP contribution in [0.25, 0.3) is 11.3 Å². The van der Waals surface area contributed by atoms with E-state index >= 15 is 0 Å². The minimum atomic E-state index is -0.397. The average molecular weight is 328 g/mol. The molecular weight excluding hydrogens is 304 g/mol. The van der Waals surface area contributed by atoms with Crippen LogP contribution in [0.4, 0.5) is 0 Å². The first-order valence-electron chi connectivity index (χ1n) is 8.66. The molecule has 5 heteroatoms. The molecule has 0 spiro atoms. The lowest BCUT2D eigenvalue weighted by molar-refractivity contribution is 0.0521. The van der Waals surface area contributed by atoms with Crippen LogP contribution in [0.1, 0.15) is 49.1 Å². The molecule has 0 aliphatic heterocycles. The summed E-state index contributed by atoms with van der Waals surface area (Å²) in [5, 5.41) is 9.76. The largest absolute Gasteiger partial charge is 0.461 e. The van der Waals surface area contributed by atoms with E-state index in [1.54, 1.807) is 13.3 Å². The molecule has 128 valence electrons. The number of hydrogen-bond acceptors (Lipinski definition) is 4. The Bertz CT molecular complexity index is 681. The quantitative estimate of drug-likeness (QED) is 0.854. The van der Waals surface area contributed by atoms with Crippen LogP contribution in [0.2, 0.25) is 0 Å². The van der Waals surface area contributed by atoms with Gasteiger partial charge in [-0.25, -0.2) is 9.78 Å². The smallest absolute Gasteiger partial charge is 0.359 e. The van der Waals surface area contributed by atoms with Crippen molar-refractivity contribution in [2.45, 2.75) is 38.6 Å². The van der Waals surface area contributed by atoms with Crippen molar-refractivity contribution in [2.24, 2.45) is 5.92 Å². The Balaban J connectivity index is 2.07. The zero-order chi connectivity index (χ0) is 16.9. The Morgan fingerprint density at radius 1 is 1.29 bits per heavy atom. The van der Waals surface area contributed by atoms with Crippen LogP contribution in [0.3, 0.4) is 0 Å². The Morgan fingerprint density at radius 3 is 2.75 bits per heavy atom. The number of ether oxygens (including phenoxy) is 1. The van der Waals surface area contributed by atoms with E-state index in [-0.39, 0.29) is 18.6 Å². The number of imidazole rings is 1. The molecule has 3 rings (SSSR count). The molecule has 0 saturated heterocycles. The van der Waals surface area contributed by atoms with Gasteiger partial charge in [-0.15, -0.1) is 0 Å². The van der Waals surface area contributed by atoms with Gasteiger partial charge in [-0.1, -0.05) is 43.2 Å². The molecule has 0 bridgehead atoms. The maximum absolute atomic E-state index is 12.3. The molecule has 0 unspecified atom stereocenters. The van der Waals surface area contributed by atoms with Crippen molar-refractivity contribution in [3.63, 3.8) is 0 Å². The standard InChI is InChI=1S/C19H24N2O3/c1-2-24-19(23)17-18(14-8-4-3-5-9-14)21(13-20-17)16-11-7-6-10-15(16)12-22/h3-5,8-9,13,15-16,22H,2,6-7,10-12H2,1H3/t15-,16+/m0/s1. The highest BCUT2D eigenvalue weighted by Crippen LogP contribution is 2.37. The van der Waals surface area contributed by atoms with Crippen molar-refractivity contribution in [2.75, 3.05) is 13.2 Å². The lowest BCUT2D eigenvalue weighted by Crippen LogP contribution is -2.26. The second-order valence-corrected chi connectivity index (χ2v) is 6.23. The van der Waals surface area contributed by atoms with Crippen molar-refractivity contribution in [3.8, 4) is 11.3 Å². The number of benzene rings is 1. The zero-order valence-electron chi connectivity index (χ0n) is 14.0. The summed E-state index contributed by atoms with van der Waals surface area (Å²) in [6.45, 7) is 2.27. The Hall–Kier alpha value is -2.14. The third-order valence-corrected chi connectivity index (χ3v) is 4.77. The molecule has 1 aromatic carbocycles. The van der Waals surface area contributed by atoms with Gasteiger partial charge in [-0.05, 0) is 19.8 Å². The third-order valence-electron chi connectivity index (χ3n) is 4.77. The van der Waals surface area contributed by atoms with E-state index in [1.807, 2.05) is 30.3 Å². The molecule has 1 aliphatic rings. The van der Waals surface area contributed by atoms with Crippen LogP contribution in [-0.2, 0) is 4.74 Å². The van der Waals surface area contributed by atoms with Gasteiger partial charge in [-0.3, -0.25) is 0 Å². The normalized spacial score (nSPS) is 20.8. The van der Waals surface area contributed by atoms with E-state index in [0.717, 1.165) is 36.9 Å². The number of carbonyl (C=O) groups excluding carboxylic acids is 1. The van der Waals surface area contributed by atoms with E-state index in [1.165, 1.54) is 0 Å². The van der Waals surface area contributed by atoms with Crippen molar-refractivity contribution in [3.05, 3.63) is 42.4 Å². The summed E-state index contributed by atoms with van der Waals surface area (Å²) >= 11 is 0. The van der Waals surface area contributed by atoms with Gasteiger partial charge in [0.2, 0.25) is 0 Å². The van der Waals surface area contributed by atoms with Crippen molar-refractivity contribution < 1.29 is 14.6 Å². The zero-order valence-corrected chi connectivity index (χ0v) is 14.0. The highest BCUT2D eigenvalue weighted by Gasteiger charge is 2.30. The van der Waals surface area contributed by atoms with Crippen LogP contribution in [0, 0.1) is 5.92 Å². The minimum Gasteiger partial charge on any atom is -0.461 e. The summed E-state index contributed by atoms with van der Waals surface area (Å²) in [5.41, 5.74) is 2.09. The molecule has 1 saturated carbocycles. The van der Waals surface area contributed by atoms with Gasteiger partial charge in [0.25, 0.3) is 0 Å². The molecular formula is C19H24N2O3. The van der Waals surface area contributed by atoms with Gasteiger partial charge in [0.1, 0.15) is 0 Å². The van der Waals surface area contributed by atoms with Gasteiger partial charge in [0, 0.05) is 24.1 Å². The summed E-state index contributed by atoms with van der Waals surface area (Å²) < 4.78 is 7.25. The topological polar surface area (TPSA) is 64.3 Å². The lowest BCUT2D eigenvalue weighted by Gasteiger charge is -2.32. The van der Waals surface area contributed by atoms with Gasteiger partial charge < -0.3 is 14.4 Å². The number of aliphatic hydroxyl groups is 1. The fraction of sp³-hybridized carbons (Fsp3) is 0.474. The highest BCUT2D eigenvalue weighted by atomic mass is 16.5. The monoisotopic (exact) mass is 328 g/mol. The van der Waals surface area contributed by atoms with Crippen LogP contribution >= 0.6 is 0 Å². The van der Waals surface area contributed by atoms with Gasteiger partial charge in [0.05, 0.1) is 18.6 Å². The van der Waals surface area contributed by atoms with E-state index < -0.39 is 5.97 Å². The first-order chi connectivity index (χ1) is 11.8. The molecule has 1 aliphatic carbocycles. The second kappa shape index (κ2) is 7.62. The predicted octanol–water partition coefficient (Wildman–Crippen LogP) is 3.45. The Labute approximate surface area is 142 Å². The number of carbonyl (C=O) groups is 1. The van der Waals surface area contributed by atoms with Crippen molar-refractivity contribution in [1.82, 2.24) is 9.55 Å².